The summed E-state index contributed by atoms with van der Waals surface area (Å²) in [5.74, 6) is -1.74. The normalized spacial score (nSPS) is 15.6. The molecule has 2 aliphatic heterocycles. The minimum atomic E-state index is -0.631. The second-order valence-electron chi connectivity index (χ2n) is 8.07. The lowest BCUT2D eigenvalue weighted by molar-refractivity contribution is -0.152. The van der Waals surface area contributed by atoms with Crippen molar-refractivity contribution < 1.29 is 23.9 Å². The van der Waals surface area contributed by atoms with E-state index in [0.717, 1.165) is 16.2 Å². The van der Waals surface area contributed by atoms with E-state index in [0.29, 0.717) is 42.3 Å². The Morgan fingerprint density at radius 2 is 1.70 bits per heavy atom. The van der Waals surface area contributed by atoms with Gasteiger partial charge in [0.25, 0.3) is 17.7 Å². The second-order valence-corrected chi connectivity index (χ2v) is 8.51. The third-order valence-corrected chi connectivity index (χ3v) is 6.06. The molecule has 2 heterocycles. The molecule has 0 aromatic heterocycles. The molecule has 172 valence electrons. The molecule has 0 radical (unpaired) electrons. The summed E-state index contributed by atoms with van der Waals surface area (Å²) in [6, 6.07) is 12.6. The van der Waals surface area contributed by atoms with Crippen molar-refractivity contribution in [1.29, 1.82) is 0 Å². The highest BCUT2D eigenvalue weighted by Crippen LogP contribution is 2.24. The minimum absolute atomic E-state index is 0.0866. The largest absolute Gasteiger partial charge is 0.456 e. The Balaban J connectivity index is 1.21. The highest BCUT2D eigenvalue weighted by molar-refractivity contribution is 6.30. The van der Waals surface area contributed by atoms with Crippen molar-refractivity contribution in [2.24, 2.45) is 0 Å². The van der Waals surface area contributed by atoms with Gasteiger partial charge in [-0.25, -0.2) is 0 Å². The first kappa shape index (κ1) is 22.8. The van der Waals surface area contributed by atoms with Gasteiger partial charge in [0.15, 0.2) is 6.61 Å². The van der Waals surface area contributed by atoms with Crippen LogP contribution in [0.15, 0.2) is 42.5 Å². The lowest BCUT2D eigenvalue weighted by Crippen LogP contribution is -2.50. The summed E-state index contributed by atoms with van der Waals surface area (Å²) in [4.78, 5) is 54.3. The van der Waals surface area contributed by atoms with Gasteiger partial charge in [-0.15, -0.1) is 0 Å². The van der Waals surface area contributed by atoms with E-state index in [9.17, 15) is 19.2 Å². The quantitative estimate of drug-likeness (QED) is 0.477. The topological polar surface area (TPSA) is 87.2 Å². The first-order chi connectivity index (χ1) is 15.8. The van der Waals surface area contributed by atoms with Gasteiger partial charge < -0.3 is 14.5 Å². The van der Waals surface area contributed by atoms with Crippen LogP contribution in [0.3, 0.4) is 0 Å². The van der Waals surface area contributed by atoms with Crippen molar-refractivity contribution in [1.82, 2.24) is 9.80 Å². The highest BCUT2D eigenvalue weighted by Gasteiger charge is 2.35. The number of piperazine rings is 1. The zero-order valence-electron chi connectivity index (χ0n) is 18.3. The molecule has 2 aromatic carbocycles. The van der Waals surface area contributed by atoms with Gasteiger partial charge in [-0.05, 0) is 37.3 Å². The average Bonchev–Trinajstić information content (AvgIpc) is 3.05. The number of esters is 1. The van der Waals surface area contributed by atoms with Crippen LogP contribution in [0.5, 0.6) is 0 Å². The van der Waals surface area contributed by atoms with E-state index in [-0.39, 0.29) is 25.5 Å². The molecule has 0 aliphatic carbocycles. The molecular weight excluding hydrogens is 446 g/mol. The van der Waals surface area contributed by atoms with Gasteiger partial charge in [-0.2, -0.15) is 0 Å². The number of carbonyl (C=O) groups is 4. The monoisotopic (exact) mass is 469 g/mol. The van der Waals surface area contributed by atoms with Gasteiger partial charge in [-0.3, -0.25) is 24.1 Å². The predicted octanol–water partition coefficient (Wildman–Crippen LogP) is 2.53. The summed E-state index contributed by atoms with van der Waals surface area (Å²) >= 11 is 6.05. The number of ether oxygens (including phenoxy) is 1. The maximum absolute atomic E-state index is 12.5. The van der Waals surface area contributed by atoms with Crippen LogP contribution in [-0.2, 0) is 14.3 Å². The Bertz CT molecular complexity index is 1110. The van der Waals surface area contributed by atoms with Crippen molar-refractivity contribution >= 4 is 41.0 Å². The van der Waals surface area contributed by atoms with Crippen molar-refractivity contribution in [2.45, 2.75) is 13.3 Å². The molecule has 2 aromatic rings. The first-order valence-corrected chi connectivity index (χ1v) is 11.1. The molecule has 0 saturated carbocycles. The van der Waals surface area contributed by atoms with E-state index in [1.807, 2.05) is 31.2 Å². The molecule has 4 rings (SSSR count). The summed E-state index contributed by atoms with van der Waals surface area (Å²) in [6.45, 7) is 3.72. The molecule has 3 amide bonds. The van der Waals surface area contributed by atoms with Crippen LogP contribution < -0.4 is 4.90 Å². The zero-order chi connectivity index (χ0) is 23.5. The van der Waals surface area contributed by atoms with Crippen molar-refractivity contribution in [3.8, 4) is 0 Å². The Labute approximate surface area is 196 Å². The van der Waals surface area contributed by atoms with Gasteiger partial charge in [0, 0.05) is 43.4 Å². The fraction of sp³-hybridized carbons (Fsp3) is 0.333. The van der Waals surface area contributed by atoms with Gasteiger partial charge in [0.2, 0.25) is 0 Å². The molecule has 33 heavy (non-hydrogen) atoms. The van der Waals surface area contributed by atoms with Gasteiger partial charge in [-0.1, -0.05) is 29.3 Å². The molecule has 8 nitrogen and oxygen atoms in total. The maximum Gasteiger partial charge on any atom is 0.308 e. The summed E-state index contributed by atoms with van der Waals surface area (Å²) in [7, 11) is 0. The molecule has 0 N–H and O–H groups in total. The van der Waals surface area contributed by atoms with Crippen molar-refractivity contribution in [2.75, 3.05) is 44.2 Å². The highest BCUT2D eigenvalue weighted by atomic mass is 35.5. The van der Waals surface area contributed by atoms with E-state index in [1.54, 1.807) is 23.1 Å². The summed E-state index contributed by atoms with van der Waals surface area (Å²) in [5, 5.41) is 0.661. The van der Waals surface area contributed by atoms with Crippen molar-refractivity contribution in [3.63, 3.8) is 0 Å². The van der Waals surface area contributed by atoms with Gasteiger partial charge in [0.05, 0.1) is 17.5 Å². The smallest absolute Gasteiger partial charge is 0.308 e. The number of halogens is 1. The Kier molecular flexibility index (Phi) is 6.65. The molecule has 1 fully saturated rings. The molecule has 0 atom stereocenters. The third kappa shape index (κ3) is 5.01. The van der Waals surface area contributed by atoms with Crippen LogP contribution in [0.25, 0.3) is 0 Å². The average molecular weight is 470 g/mol. The van der Waals surface area contributed by atoms with Crippen LogP contribution in [0.4, 0.5) is 5.69 Å². The number of imide groups is 1. The van der Waals surface area contributed by atoms with Crippen LogP contribution in [-0.4, -0.2) is 72.8 Å². The van der Waals surface area contributed by atoms with E-state index >= 15 is 0 Å². The van der Waals surface area contributed by atoms with E-state index < -0.39 is 17.8 Å². The summed E-state index contributed by atoms with van der Waals surface area (Å²) in [5.41, 5.74) is 2.57. The lowest BCUT2D eigenvalue weighted by Gasteiger charge is -2.36. The fourth-order valence-corrected chi connectivity index (χ4v) is 4.19. The number of nitrogens with zero attached hydrogens (tertiary/aromatic N) is 3. The number of carbonyl (C=O) groups excluding carboxylic acids is 4. The van der Waals surface area contributed by atoms with Crippen LogP contribution in [0, 0.1) is 6.92 Å². The molecule has 1 saturated heterocycles. The molecule has 0 bridgehead atoms. The molecule has 0 unspecified atom stereocenters. The van der Waals surface area contributed by atoms with E-state index in [2.05, 4.69) is 4.90 Å². The van der Waals surface area contributed by atoms with E-state index in [1.165, 1.54) is 0 Å². The van der Waals surface area contributed by atoms with Crippen LogP contribution in [0.2, 0.25) is 5.02 Å². The Hall–Kier alpha value is -3.39. The zero-order valence-corrected chi connectivity index (χ0v) is 19.0. The Morgan fingerprint density at radius 3 is 2.42 bits per heavy atom. The number of hydrogen-bond donors (Lipinski definition) is 0. The molecule has 2 aliphatic rings. The Morgan fingerprint density at radius 1 is 0.970 bits per heavy atom. The molecule has 9 heteroatoms. The SMILES string of the molecule is Cc1ccc2c(c1)C(=O)N(CCC(=O)OCC(=O)N1CCN(c3cccc(Cl)c3)CC1)C2=O. The minimum Gasteiger partial charge on any atom is -0.456 e. The fourth-order valence-electron chi connectivity index (χ4n) is 4.00. The van der Waals surface area contributed by atoms with E-state index in [4.69, 9.17) is 16.3 Å². The summed E-state index contributed by atoms with van der Waals surface area (Å²) < 4.78 is 5.10. The van der Waals surface area contributed by atoms with Gasteiger partial charge in [0.1, 0.15) is 0 Å². The number of hydrogen-bond acceptors (Lipinski definition) is 6. The number of aryl methyl sites for hydroxylation is 1. The molecular formula is C24H24ClN3O5. The maximum atomic E-state index is 12.5. The number of anilines is 1. The van der Waals surface area contributed by atoms with Crippen LogP contribution in [0.1, 0.15) is 32.7 Å². The summed E-state index contributed by atoms with van der Waals surface area (Å²) in [6.07, 6.45) is -0.166. The van der Waals surface area contributed by atoms with Gasteiger partial charge >= 0.3 is 5.97 Å². The lowest BCUT2D eigenvalue weighted by atomic mass is 10.1. The van der Waals surface area contributed by atoms with Crippen LogP contribution >= 0.6 is 11.6 Å². The third-order valence-electron chi connectivity index (χ3n) is 5.83. The number of benzene rings is 2. The molecule has 0 spiro atoms. The number of rotatable bonds is 6. The number of amides is 3. The number of fused-ring (bicyclic) bond motifs is 1. The first-order valence-electron chi connectivity index (χ1n) is 10.7. The second kappa shape index (κ2) is 9.62. The predicted molar refractivity (Wildman–Crippen MR) is 122 cm³/mol. The standard InChI is InChI=1S/C24H24ClN3O5/c1-16-5-6-19-20(13-16)24(32)28(23(19)31)8-7-22(30)33-15-21(29)27-11-9-26(10-12-27)18-4-2-3-17(25)14-18/h2-6,13-14H,7-12,15H2,1H3. The van der Waals surface area contributed by atoms with Crippen molar-refractivity contribution in [3.05, 3.63) is 64.2 Å².